The largest absolute Gasteiger partial charge is 0.381 e. The molecule has 188 valence electrons. The average Bonchev–Trinajstić information content (AvgIpc) is 3.38. The summed E-state index contributed by atoms with van der Waals surface area (Å²) >= 11 is 0. The van der Waals surface area contributed by atoms with E-state index in [4.69, 9.17) is 9.26 Å². The Kier molecular flexibility index (Phi) is 7.49. The van der Waals surface area contributed by atoms with Gasteiger partial charge in [0.2, 0.25) is 11.8 Å². The minimum Gasteiger partial charge on any atom is -0.381 e. The average molecular weight is 484 g/mol. The summed E-state index contributed by atoms with van der Waals surface area (Å²) in [5, 5.41) is 12.2. The van der Waals surface area contributed by atoms with Crippen LogP contribution >= 0.6 is 0 Å². The van der Waals surface area contributed by atoms with E-state index in [9.17, 15) is 14.4 Å². The van der Waals surface area contributed by atoms with Crippen molar-refractivity contribution in [1.82, 2.24) is 15.5 Å². The van der Waals surface area contributed by atoms with Crippen LogP contribution in [0.4, 0.5) is 11.5 Å². The Labute approximate surface area is 204 Å². The zero-order chi connectivity index (χ0) is 25.0. The molecule has 3 amide bonds. The van der Waals surface area contributed by atoms with E-state index >= 15 is 0 Å². The van der Waals surface area contributed by atoms with Gasteiger partial charge in [-0.2, -0.15) is 0 Å². The molecule has 1 fully saturated rings. The molecular weight excluding hydrogens is 450 g/mol. The first-order valence-electron chi connectivity index (χ1n) is 12.3. The number of fused-ring (bicyclic) bond motifs is 2. The van der Waals surface area contributed by atoms with Crippen molar-refractivity contribution >= 4 is 29.2 Å². The van der Waals surface area contributed by atoms with Crippen molar-refractivity contribution in [2.24, 2.45) is 5.92 Å². The molecule has 35 heavy (non-hydrogen) atoms. The molecule has 2 aromatic heterocycles. The van der Waals surface area contributed by atoms with Crippen LogP contribution < -0.4 is 16.0 Å². The van der Waals surface area contributed by atoms with Gasteiger partial charge in [0.05, 0.1) is 17.3 Å². The molecule has 2 aromatic rings. The van der Waals surface area contributed by atoms with Gasteiger partial charge in [0.25, 0.3) is 5.91 Å². The van der Waals surface area contributed by atoms with Crippen LogP contribution in [-0.2, 0) is 19.7 Å². The number of amides is 3. The molecule has 2 aliphatic heterocycles. The number of ether oxygens (including phenoxy) is 1. The van der Waals surface area contributed by atoms with E-state index in [1.54, 1.807) is 19.2 Å². The number of anilines is 2. The quantitative estimate of drug-likeness (QED) is 0.498. The fourth-order valence-electron chi connectivity index (χ4n) is 4.91. The second-order valence-electron chi connectivity index (χ2n) is 9.55. The molecular formula is C25H33N5O5. The lowest BCUT2D eigenvalue weighted by atomic mass is 9.76. The Hall–Kier alpha value is -3.27. The minimum atomic E-state index is -0.761. The normalized spacial score (nSPS) is 18.0. The number of hydrogen-bond donors (Lipinski definition) is 3. The smallest absolute Gasteiger partial charge is 0.257 e. The molecule has 2 atom stereocenters. The van der Waals surface area contributed by atoms with Gasteiger partial charge < -0.3 is 25.2 Å². The molecule has 3 N–H and O–H groups in total. The van der Waals surface area contributed by atoms with Gasteiger partial charge in [-0.15, -0.1) is 0 Å². The summed E-state index contributed by atoms with van der Waals surface area (Å²) in [5.74, 6) is 0.296. The van der Waals surface area contributed by atoms with Crippen LogP contribution in [0.1, 0.15) is 74.1 Å². The van der Waals surface area contributed by atoms with Crippen LogP contribution in [0.3, 0.4) is 0 Å². The highest BCUT2D eigenvalue weighted by atomic mass is 16.5. The highest BCUT2D eigenvalue weighted by Gasteiger charge is 2.48. The van der Waals surface area contributed by atoms with Gasteiger partial charge in [-0.25, -0.2) is 4.98 Å². The highest BCUT2D eigenvalue weighted by molar-refractivity contribution is 6.07. The summed E-state index contributed by atoms with van der Waals surface area (Å²) in [6, 6.07) is 0.917. The van der Waals surface area contributed by atoms with Crippen molar-refractivity contribution < 1.29 is 23.6 Å². The lowest BCUT2D eigenvalue weighted by Gasteiger charge is -2.31. The molecule has 2 aliphatic rings. The predicted molar refractivity (Wildman–Crippen MR) is 129 cm³/mol. The van der Waals surface area contributed by atoms with Crippen molar-refractivity contribution in [3.8, 4) is 0 Å². The van der Waals surface area contributed by atoms with Crippen molar-refractivity contribution in [3.05, 3.63) is 35.3 Å². The molecule has 0 aromatic carbocycles. The number of pyridine rings is 1. The summed E-state index contributed by atoms with van der Waals surface area (Å²) in [6.07, 6.45) is 7.58. The van der Waals surface area contributed by atoms with E-state index in [2.05, 4.69) is 39.9 Å². The first-order chi connectivity index (χ1) is 16.8. The van der Waals surface area contributed by atoms with Crippen molar-refractivity contribution in [1.29, 1.82) is 0 Å². The van der Waals surface area contributed by atoms with E-state index < -0.39 is 17.4 Å². The maximum Gasteiger partial charge on any atom is 0.257 e. The van der Waals surface area contributed by atoms with E-state index in [1.807, 2.05) is 0 Å². The number of carbonyl (C=O) groups is 3. The third-order valence-corrected chi connectivity index (χ3v) is 7.05. The van der Waals surface area contributed by atoms with Gasteiger partial charge in [-0.3, -0.25) is 14.4 Å². The van der Waals surface area contributed by atoms with Crippen LogP contribution in [0.2, 0.25) is 0 Å². The number of aryl methyl sites for hydroxylation is 1. The number of carbonyl (C=O) groups excluding carboxylic acids is 3. The van der Waals surface area contributed by atoms with Crippen LogP contribution in [0.15, 0.2) is 23.0 Å². The standard InChI is InChI=1S/C25H33N5O5/c1-4-5-15(2)6-7-19(28-22(31)17-13-27-35-16(17)3)23(32)30-21-12-20-18(14-26-21)25(24(33)29-20)8-10-34-11-9-25/h12-15,19H,4-11H2,1-3H3,(H,28,31)(H,29,33)(H,26,30,32)/t15-,19-/m0/s1. The first kappa shape index (κ1) is 24.8. The maximum absolute atomic E-state index is 13.2. The van der Waals surface area contributed by atoms with Gasteiger partial charge in [-0.05, 0) is 38.5 Å². The molecule has 10 nitrogen and oxygen atoms in total. The third kappa shape index (κ3) is 5.22. The SMILES string of the molecule is CCC[C@H](C)CC[C@H](NC(=O)c1cnoc1C)C(=O)Nc1cc2c(cn1)C1(CCOCC1)C(=O)N2. The first-order valence-corrected chi connectivity index (χ1v) is 12.3. The number of aromatic nitrogens is 2. The fraction of sp³-hybridized carbons (Fsp3) is 0.560. The van der Waals surface area contributed by atoms with E-state index in [1.165, 1.54) is 6.20 Å². The number of nitrogens with one attached hydrogen (secondary N) is 3. The van der Waals surface area contributed by atoms with E-state index in [-0.39, 0.29) is 11.8 Å². The molecule has 10 heteroatoms. The molecule has 1 saturated heterocycles. The topological polar surface area (TPSA) is 135 Å². The van der Waals surface area contributed by atoms with Gasteiger partial charge in [-0.1, -0.05) is 31.8 Å². The van der Waals surface area contributed by atoms with Crippen LogP contribution in [-0.4, -0.2) is 47.1 Å². The van der Waals surface area contributed by atoms with Gasteiger partial charge in [0.1, 0.15) is 23.2 Å². The van der Waals surface area contributed by atoms with Crippen LogP contribution in [0.5, 0.6) is 0 Å². The zero-order valence-electron chi connectivity index (χ0n) is 20.5. The zero-order valence-corrected chi connectivity index (χ0v) is 20.5. The Balaban J connectivity index is 1.49. The monoisotopic (exact) mass is 483 g/mol. The number of hydrogen-bond acceptors (Lipinski definition) is 7. The van der Waals surface area contributed by atoms with Crippen molar-refractivity contribution in [2.75, 3.05) is 23.8 Å². The molecule has 0 aliphatic carbocycles. The van der Waals surface area contributed by atoms with Gasteiger partial charge in [0.15, 0.2) is 0 Å². The van der Waals surface area contributed by atoms with E-state index in [0.717, 1.165) is 24.8 Å². The highest BCUT2D eigenvalue weighted by Crippen LogP contribution is 2.44. The molecule has 0 radical (unpaired) electrons. The summed E-state index contributed by atoms with van der Waals surface area (Å²) in [5.41, 5.74) is 1.17. The lowest BCUT2D eigenvalue weighted by Crippen LogP contribution is -2.44. The molecule has 1 spiro atoms. The molecule has 0 saturated carbocycles. The molecule has 0 bridgehead atoms. The minimum absolute atomic E-state index is 0.0554. The Morgan fingerprint density at radius 1 is 1.20 bits per heavy atom. The van der Waals surface area contributed by atoms with Gasteiger partial charge in [0, 0.05) is 31.0 Å². The fourth-order valence-corrected chi connectivity index (χ4v) is 4.91. The maximum atomic E-state index is 13.2. The lowest BCUT2D eigenvalue weighted by molar-refractivity contribution is -0.124. The second-order valence-corrected chi connectivity index (χ2v) is 9.55. The third-order valence-electron chi connectivity index (χ3n) is 7.05. The Bertz CT molecular complexity index is 1090. The number of rotatable bonds is 9. The summed E-state index contributed by atoms with van der Waals surface area (Å²) < 4.78 is 10.4. The van der Waals surface area contributed by atoms with Gasteiger partial charge >= 0.3 is 0 Å². The summed E-state index contributed by atoms with van der Waals surface area (Å²) in [4.78, 5) is 43.2. The Morgan fingerprint density at radius 2 is 1.97 bits per heavy atom. The summed E-state index contributed by atoms with van der Waals surface area (Å²) in [7, 11) is 0. The summed E-state index contributed by atoms with van der Waals surface area (Å²) in [6.45, 7) is 6.96. The van der Waals surface area contributed by atoms with E-state index in [0.29, 0.717) is 61.2 Å². The molecule has 4 rings (SSSR count). The Morgan fingerprint density at radius 3 is 2.66 bits per heavy atom. The van der Waals surface area contributed by atoms with Crippen LogP contribution in [0, 0.1) is 12.8 Å². The van der Waals surface area contributed by atoms with Crippen molar-refractivity contribution in [2.45, 2.75) is 70.8 Å². The molecule has 0 unspecified atom stereocenters. The number of nitrogens with zero attached hydrogens (tertiary/aromatic N) is 2. The second kappa shape index (κ2) is 10.6. The van der Waals surface area contributed by atoms with Crippen LogP contribution in [0.25, 0.3) is 0 Å². The predicted octanol–water partition coefficient (Wildman–Crippen LogP) is 3.33. The van der Waals surface area contributed by atoms with Crippen molar-refractivity contribution in [3.63, 3.8) is 0 Å². The molecule has 4 heterocycles.